The third-order valence-electron chi connectivity index (χ3n) is 3.46. The van der Waals surface area contributed by atoms with Crippen LogP contribution in [0.15, 0.2) is 24.5 Å². The van der Waals surface area contributed by atoms with E-state index in [1.807, 2.05) is 12.1 Å². The van der Waals surface area contributed by atoms with Crippen LogP contribution in [0.25, 0.3) is 0 Å². The summed E-state index contributed by atoms with van der Waals surface area (Å²) in [6, 6.07) is 3.70. The van der Waals surface area contributed by atoms with Gasteiger partial charge in [0.2, 0.25) is 10.0 Å². The molecule has 2 heterocycles. The highest BCUT2D eigenvalue weighted by atomic mass is 32.2. The molecule has 2 rings (SSSR count). The van der Waals surface area contributed by atoms with Crippen LogP contribution in [-0.2, 0) is 10.0 Å². The van der Waals surface area contributed by atoms with Gasteiger partial charge < -0.3 is 5.73 Å². The molecule has 2 unspecified atom stereocenters. The van der Waals surface area contributed by atoms with Crippen LogP contribution < -0.4 is 5.73 Å². The highest BCUT2D eigenvalue weighted by molar-refractivity contribution is 7.89. The molecule has 1 aromatic heterocycles. The molecule has 0 saturated carbocycles. The van der Waals surface area contributed by atoms with Crippen molar-refractivity contribution in [2.24, 2.45) is 5.73 Å². The Kier molecular flexibility index (Phi) is 3.99. The molecule has 0 aliphatic carbocycles. The fourth-order valence-electron chi connectivity index (χ4n) is 2.32. The Morgan fingerprint density at radius 3 is 2.78 bits per heavy atom. The number of pyridine rings is 1. The zero-order chi connectivity index (χ0) is 13.2. The smallest absolute Gasteiger partial charge is 0.218 e. The topological polar surface area (TPSA) is 76.3 Å². The van der Waals surface area contributed by atoms with Crippen molar-refractivity contribution in [1.29, 1.82) is 0 Å². The van der Waals surface area contributed by atoms with Crippen molar-refractivity contribution in [3.05, 3.63) is 30.1 Å². The van der Waals surface area contributed by atoms with E-state index in [2.05, 4.69) is 4.98 Å². The van der Waals surface area contributed by atoms with Gasteiger partial charge in [-0.15, -0.1) is 0 Å². The van der Waals surface area contributed by atoms with E-state index >= 15 is 0 Å². The minimum absolute atomic E-state index is 0.0630. The number of nitrogens with two attached hydrogens (primary N) is 1. The summed E-state index contributed by atoms with van der Waals surface area (Å²) < 4.78 is 26.4. The molecule has 6 heteroatoms. The molecule has 0 radical (unpaired) electrons. The van der Waals surface area contributed by atoms with E-state index in [9.17, 15) is 8.42 Å². The number of hydrogen-bond acceptors (Lipinski definition) is 4. The lowest BCUT2D eigenvalue weighted by molar-refractivity contribution is 0.391. The van der Waals surface area contributed by atoms with Gasteiger partial charge in [-0.3, -0.25) is 4.98 Å². The van der Waals surface area contributed by atoms with Crippen LogP contribution in [0.1, 0.15) is 31.4 Å². The first kappa shape index (κ1) is 13.5. The van der Waals surface area contributed by atoms with Crippen LogP contribution in [0.5, 0.6) is 0 Å². The third-order valence-corrected chi connectivity index (χ3v) is 5.76. The first-order valence-corrected chi connectivity index (χ1v) is 7.68. The van der Waals surface area contributed by atoms with E-state index in [0.717, 1.165) is 18.4 Å². The summed E-state index contributed by atoms with van der Waals surface area (Å²) in [5.74, 6) is 0. The third kappa shape index (κ3) is 2.41. The largest absolute Gasteiger partial charge is 0.329 e. The quantitative estimate of drug-likeness (QED) is 0.881. The molecule has 100 valence electrons. The molecule has 0 bridgehead atoms. The molecule has 18 heavy (non-hydrogen) atoms. The molecule has 2 atom stereocenters. The van der Waals surface area contributed by atoms with Crippen LogP contribution in [0.4, 0.5) is 0 Å². The zero-order valence-corrected chi connectivity index (χ0v) is 11.3. The zero-order valence-electron chi connectivity index (χ0n) is 10.5. The summed E-state index contributed by atoms with van der Waals surface area (Å²) in [5, 5.41) is -0.528. The monoisotopic (exact) mass is 269 g/mol. The normalized spacial score (nSPS) is 23.1. The molecule has 0 spiro atoms. The van der Waals surface area contributed by atoms with Crippen molar-refractivity contribution in [3.63, 3.8) is 0 Å². The minimum atomic E-state index is -3.30. The molecular formula is C12H19N3O2S. The number of aromatic nitrogens is 1. The summed E-state index contributed by atoms with van der Waals surface area (Å²) in [5.41, 5.74) is 6.50. The molecule has 1 aliphatic rings. The first-order chi connectivity index (χ1) is 8.57. The number of rotatable bonds is 4. The second kappa shape index (κ2) is 5.34. The molecule has 1 aromatic rings. The Morgan fingerprint density at radius 1 is 1.50 bits per heavy atom. The van der Waals surface area contributed by atoms with Gasteiger partial charge in [0.25, 0.3) is 0 Å². The van der Waals surface area contributed by atoms with Gasteiger partial charge in [-0.05, 0) is 37.5 Å². The Morgan fingerprint density at radius 2 is 2.17 bits per heavy atom. The fourth-order valence-corrected chi connectivity index (χ4v) is 3.99. The van der Waals surface area contributed by atoms with Gasteiger partial charge in [-0.1, -0.05) is 0 Å². The van der Waals surface area contributed by atoms with E-state index in [0.29, 0.717) is 6.54 Å². The molecule has 5 nitrogen and oxygen atoms in total. The van der Waals surface area contributed by atoms with Gasteiger partial charge in [0, 0.05) is 31.5 Å². The van der Waals surface area contributed by atoms with E-state index in [1.165, 1.54) is 0 Å². The van der Waals surface area contributed by atoms with Crippen LogP contribution in [0.2, 0.25) is 0 Å². The lowest BCUT2D eigenvalue weighted by Crippen LogP contribution is -2.40. The lowest BCUT2D eigenvalue weighted by atomic mass is 10.1. The Balaban J connectivity index is 2.29. The van der Waals surface area contributed by atoms with Crippen molar-refractivity contribution in [2.45, 2.75) is 31.1 Å². The average molecular weight is 269 g/mol. The van der Waals surface area contributed by atoms with Gasteiger partial charge in [0.05, 0.1) is 5.25 Å². The molecular weight excluding hydrogens is 250 g/mol. The summed E-state index contributed by atoms with van der Waals surface area (Å²) in [6.07, 6.45) is 5.15. The van der Waals surface area contributed by atoms with E-state index < -0.39 is 15.3 Å². The summed E-state index contributed by atoms with van der Waals surface area (Å²) in [4.78, 5) is 3.97. The minimum Gasteiger partial charge on any atom is -0.329 e. The highest BCUT2D eigenvalue weighted by Crippen LogP contribution is 2.34. The second-order valence-corrected chi connectivity index (χ2v) is 6.94. The van der Waals surface area contributed by atoms with Crippen molar-refractivity contribution < 1.29 is 8.42 Å². The van der Waals surface area contributed by atoms with Gasteiger partial charge in [-0.25, -0.2) is 8.42 Å². The van der Waals surface area contributed by atoms with Crippen molar-refractivity contribution >= 4 is 10.0 Å². The molecule has 2 N–H and O–H groups in total. The van der Waals surface area contributed by atoms with Crippen molar-refractivity contribution in [2.75, 3.05) is 13.1 Å². The predicted octanol–water partition coefficient (Wildman–Crippen LogP) is 0.895. The highest BCUT2D eigenvalue weighted by Gasteiger charge is 2.37. The molecule has 1 aliphatic heterocycles. The number of nitrogens with zero attached hydrogens (tertiary/aromatic N) is 2. The molecule has 0 amide bonds. The maximum Gasteiger partial charge on any atom is 0.218 e. The van der Waals surface area contributed by atoms with Gasteiger partial charge >= 0.3 is 0 Å². The number of hydrogen-bond donors (Lipinski definition) is 1. The average Bonchev–Trinajstić information content (AvgIpc) is 2.88. The maximum absolute atomic E-state index is 12.4. The fraction of sp³-hybridized carbons (Fsp3) is 0.583. The molecule has 1 fully saturated rings. The van der Waals surface area contributed by atoms with Gasteiger partial charge in [0.1, 0.15) is 0 Å². The Bertz CT molecular complexity index is 489. The SMILES string of the molecule is CC(CN)S(=O)(=O)N1CCCC1c1ccncc1. The summed E-state index contributed by atoms with van der Waals surface area (Å²) >= 11 is 0. The number of sulfonamides is 1. The summed E-state index contributed by atoms with van der Waals surface area (Å²) in [6.45, 7) is 2.40. The van der Waals surface area contributed by atoms with Gasteiger partial charge in [0.15, 0.2) is 0 Å². The van der Waals surface area contributed by atoms with E-state index in [-0.39, 0.29) is 12.6 Å². The lowest BCUT2D eigenvalue weighted by Gasteiger charge is -2.27. The van der Waals surface area contributed by atoms with Gasteiger partial charge in [-0.2, -0.15) is 4.31 Å². The second-order valence-electron chi connectivity index (χ2n) is 4.64. The maximum atomic E-state index is 12.4. The van der Waals surface area contributed by atoms with Crippen LogP contribution >= 0.6 is 0 Å². The summed E-state index contributed by atoms with van der Waals surface area (Å²) in [7, 11) is -3.30. The van der Waals surface area contributed by atoms with Crippen LogP contribution in [0, 0.1) is 0 Å². The molecule has 0 aromatic carbocycles. The van der Waals surface area contributed by atoms with Crippen LogP contribution in [-0.4, -0.2) is 36.0 Å². The predicted molar refractivity (Wildman–Crippen MR) is 70.4 cm³/mol. The molecule has 1 saturated heterocycles. The van der Waals surface area contributed by atoms with Crippen molar-refractivity contribution in [3.8, 4) is 0 Å². The van der Waals surface area contributed by atoms with Crippen LogP contribution in [0.3, 0.4) is 0 Å². The first-order valence-electron chi connectivity index (χ1n) is 6.18. The van der Waals surface area contributed by atoms with E-state index in [1.54, 1.807) is 23.6 Å². The van der Waals surface area contributed by atoms with E-state index in [4.69, 9.17) is 5.73 Å². The Hall–Kier alpha value is -0.980. The van der Waals surface area contributed by atoms with Crippen molar-refractivity contribution in [1.82, 2.24) is 9.29 Å². The Labute approximate surface area is 108 Å². The standard InChI is InChI=1S/C12H19N3O2S/c1-10(9-13)18(16,17)15-8-2-3-12(15)11-4-6-14-7-5-11/h4-7,10,12H,2-3,8-9,13H2,1H3.